The summed E-state index contributed by atoms with van der Waals surface area (Å²) in [7, 11) is 0. The summed E-state index contributed by atoms with van der Waals surface area (Å²) in [5.41, 5.74) is 5.22. The summed E-state index contributed by atoms with van der Waals surface area (Å²) in [6.45, 7) is 0. The smallest absolute Gasteiger partial charge is 0.165 e. The fourth-order valence-corrected chi connectivity index (χ4v) is 9.21. The van der Waals surface area contributed by atoms with Gasteiger partial charge in [-0.3, -0.25) is 0 Å². The number of hydrogen-bond acceptors (Lipinski definition) is 5. The molecule has 7 aromatic carbocycles. The first-order chi connectivity index (χ1) is 23.8. The van der Waals surface area contributed by atoms with E-state index in [2.05, 4.69) is 152 Å². The van der Waals surface area contributed by atoms with Crippen LogP contribution in [0.5, 0.6) is 0 Å². The Morgan fingerprint density at radius 1 is 0.333 bits per heavy atom. The number of benzene rings is 7. The summed E-state index contributed by atoms with van der Waals surface area (Å²) < 4.78 is 4.97. The number of fused-ring (bicyclic) bond motifs is 7. The van der Waals surface area contributed by atoms with Gasteiger partial charge in [0.05, 0.1) is 0 Å². The van der Waals surface area contributed by atoms with Gasteiger partial charge in [-0.05, 0) is 58.3 Å². The molecule has 10 aromatic rings. The monoisotopic (exact) mass is 647 g/mol. The maximum Gasteiger partial charge on any atom is 0.165 e. The maximum atomic E-state index is 5.27. The van der Waals surface area contributed by atoms with E-state index in [1.165, 1.54) is 51.1 Å². The molecule has 0 bridgehead atoms. The number of thiophene rings is 2. The van der Waals surface area contributed by atoms with Crippen LogP contribution in [0.3, 0.4) is 0 Å². The summed E-state index contributed by atoms with van der Waals surface area (Å²) in [6.07, 6.45) is 0. The summed E-state index contributed by atoms with van der Waals surface area (Å²) in [5, 5.41) is 7.36. The zero-order valence-electron chi connectivity index (χ0n) is 25.6. The van der Waals surface area contributed by atoms with Crippen LogP contribution in [0.1, 0.15) is 0 Å². The molecule has 0 saturated heterocycles. The molecule has 0 aliphatic heterocycles. The Kier molecular flexibility index (Phi) is 6.22. The molecule has 0 N–H and O–H groups in total. The highest BCUT2D eigenvalue weighted by Crippen LogP contribution is 2.41. The van der Waals surface area contributed by atoms with E-state index >= 15 is 0 Å². The Morgan fingerprint density at radius 2 is 0.875 bits per heavy atom. The number of aromatic nitrogens is 3. The average molecular weight is 648 g/mol. The molecule has 0 amide bonds. The third-order valence-corrected chi connectivity index (χ3v) is 11.5. The van der Waals surface area contributed by atoms with Gasteiger partial charge >= 0.3 is 0 Å². The Morgan fingerprint density at radius 3 is 1.73 bits per heavy atom. The molecule has 0 spiro atoms. The van der Waals surface area contributed by atoms with E-state index in [0.717, 1.165) is 27.8 Å². The van der Waals surface area contributed by atoms with E-state index in [-0.39, 0.29) is 0 Å². The molecule has 224 valence electrons. The van der Waals surface area contributed by atoms with E-state index in [9.17, 15) is 0 Å². The van der Waals surface area contributed by atoms with Crippen molar-refractivity contribution in [2.24, 2.45) is 0 Å². The first-order valence-electron chi connectivity index (χ1n) is 15.9. The predicted molar refractivity (Wildman–Crippen MR) is 205 cm³/mol. The van der Waals surface area contributed by atoms with Crippen LogP contribution in [0, 0.1) is 0 Å². The Bertz CT molecular complexity index is 2860. The first-order valence-corrected chi connectivity index (χ1v) is 17.6. The molecule has 10 rings (SSSR count). The highest BCUT2D eigenvalue weighted by atomic mass is 32.1. The van der Waals surface area contributed by atoms with Crippen molar-refractivity contribution in [2.45, 2.75) is 0 Å². The predicted octanol–water partition coefficient (Wildman–Crippen LogP) is 12.4. The average Bonchev–Trinajstić information content (AvgIpc) is 3.72. The van der Waals surface area contributed by atoms with Crippen molar-refractivity contribution in [1.29, 1.82) is 0 Å². The molecule has 0 atom stereocenters. The van der Waals surface area contributed by atoms with Crippen molar-refractivity contribution in [3.05, 3.63) is 152 Å². The second kappa shape index (κ2) is 10.9. The molecule has 3 nitrogen and oxygen atoms in total. The van der Waals surface area contributed by atoms with Crippen molar-refractivity contribution in [1.82, 2.24) is 15.0 Å². The SMILES string of the molecule is c1ccc(-c2cccc3ccccc23)c(-c2nc(-c3ccc4sc5ccccc5c4c3)nc(-c3cccc4c3sc3ccccc34)n2)c1. The van der Waals surface area contributed by atoms with Gasteiger partial charge in [0.2, 0.25) is 0 Å². The van der Waals surface area contributed by atoms with Gasteiger partial charge in [-0.1, -0.05) is 115 Å². The minimum Gasteiger partial charge on any atom is -0.208 e. The van der Waals surface area contributed by atoms with Gasteiger partial charge in [0.15, 0.2) is 17.5 Å². The van der Waals surface area contributed by atoms with E-state index in [1.807, 2.05) is 11.3 Å². The summed E-state index contributed by atoms with van der Waals surface area (Å²) in [5.74, 6) is 2.00. The van der Waals surface area contributed by atoms with Crippen LogP contribution >= 0.6 is 22.7 Å². The van der Waals surface area contributed by atoms with E-state index in [4.69, 9.17) is 15.0 Å². The van der Waals surface area contributed by atoms with E-state index in [1.54, 1.807) is 11.3 Å². The van der Waals surface area contributed by atoms with Crippen LogP contribution in [0.4, 0.5) is 0 Å². The Balaban J connectivity index is 1.25. The van der Waals surface area contributed by atoms with Crippen LogP contribution in [-0.4, -0.2) is 15.0 Å². The lowest BCUT2D eigenvalue weighted by Crippen LogP contribution is -2.01. The van der Waals surface area contributed by atoms with Crippen LogP contribution in [0.15, 0.2) is 152 Å². The first kappa shape index (κ1) is 27.4. The van der Waals surface area contributed by atoms with Gasteiger partial charge in [0, 0.05) is 57.0 Å². The second-order valence-corrected chi connectivity index (χ2v) is 14.1. The van der Waals surface area contributed by atoms with Gasteiger partial charge in [-0.25, -0.2) is 15.0 Å². The highest BCUT2D eigenvalue weighted by Gasteiger charge is 2.19. The van der Waals surface area contributed by atoms with Gasteiger partial charge in [-0.15, -0.1) is 22.7 Å². The third-order valence-electron chi connectivity index (χ3n) is 9.16. The lowest BCUT2D eigenvalue weighted by atomic mass is 9.94. The molecule has 0 aliphatic carbocycles. The van der Waals surface area contributed by atoms with Crippen LogP contribution in [0.25, 0.3) is 96.4 Å². The number of hydrogen-bond donors (Lipinski definition) is 0. The summed E-state index contributed by atoms with van der Waals surface area (Å²) >= 11 is 3.61. The molecule has 3 aromatic heterocycles. The normalized spacial score (nSPS) is 11.8. The fraction of sp³-hybridized carbons (Fsp3) is 0. The minimum atomic E-state index is 0.659. The molecule has 0 radical (unpaired) electrons. The standard InChI is InChI=1S/C43H25N3S2/c1-2-13-28-26(11-1)12-9-18-29(28)30-14-3-4-17-34(30)42-44-41(27-23-24-39-36(25-27)32-16-6-7-21-37(32)47-39)45-43(46-42)35-20-10-19-33-31-15-5-8-22-38(31)48-40(33)35/h1-25H. The van der Waals surface area contributed by atoms with Crippen LogP contribution < -0.4 is 0 Å². The van der Waals surface area contributed by atoms with Crippen molar-refractivity contribution >= 4 is 73.8 Å². The minimum absolute atomic E-state index is 0.659. The molecule has 3 heterocycles. The molecule has 5 heteroatoms. The molecule has 0 saturated carbocycles. The van der Waals surface area contributed by atoms with E-state index < -0.39 is 0 Å². The Labute approximate surface area is 284 Å². The Hall–Kier alpha value is -5.75. The van der Waals surface area contributed by atoms with Crippen LogP contribution in [-0.2, 0) is 0 Å². The van der Waals surface area contributed by atoms with Gasteiger partial charge in [0.25, 0.3) is 0 Å². The highest BCUT2D eigenvalue weighted by molar-refractivity contribution is 7.26. The lowest BCUT2D eigenvalue weighted by molar-refractivity contribution is 1.08. The molecule has 0 fully saturated rings. The van der Waals surface area contributed by atoms with Gasteiger partial charge in [0.1, 0.15) is 0 Å². The van der Waals surface area contributed by atoms with Crippen molar-refractivity contribution in [3.63, 3.8) is 0 Å². The molecular formula is C43H25N3S2. The second-order valence-electron chi connectivity index (χ2n) is 12.0. The zero-order chi connectivity index (χ0) is 31.6. The largest absolute Gasteiger partial charge is 0.208 e. The molecular weight excluding hydrogens is 623 g/mol. The quantitative estimate of drug-likeness (QED) is 0.191. The van der Waals surface area contributed by atoms with E-state index in [0.29, 0.717) is 17.5 Å². The van der Waals surface area contributed by atoms with Crippen molar-refractivity contribution in [3.8, 4) is 45.3 Å². The number of nitrogens with zero attached hydrogens (tertiary/aromatic N) is 3. The third kappa shape index (κ3) is 4.36. The maximum absolute atomic E-state index is 5.27. The topological polar surface area (TPSA) is 38.7 Å². The summed E-state index contributed by atoms with van der Waals surface area (Å²) in [4.78, 5) is 15.8. The summed E-state index contributed by atoms with van der Waals surface area (Å²) in [6, 6.07) is 53.8. The number of rotatable bonds is 4. The zero-order valence-corrected chi connectivity index (χ0v) is 27.2. The van der Waals surface area contributed by atoms with Gasteiger partial charge < -0.3 is 0 Å². The molecule has 48 heavy (non-hydrogen) atoms. The van der Waals surface area contributed by atoms with Gasteiger partial charge in [-0.2, -0.15) is 0 Å². The fourth-order valence-electron chi connectivity index (χ4n) is 6.91. The molecule has 0 aliphatic rings. The van der Waals surface area contributed by atoms with Crippen molar-refractivity contribution in [2.75, 3.05) is 0 Å². The van der Waals surface area contributed by atoms with Crippen molar-refractivity contribution < 1.29 is 0 Å². The lowest BCUT2D eigenvalue weighted by Gasteiger charge is -2.14. The molecule has 0 unspecified atom stereocenters. The van der Waals surface area contributed by atoms with Crippen LogP contribution in [0.2, 0.25) is 0 Å².